The summed E-state index contributed by atoms with van der Waals surface area (Å²) in [5, 5.41) is 3.62. The molecule has 1 N–H and O–H groups in total. The molecule has 0 aromatic heterocycles. The molecule has 0 bridgehead atoms. The Morgan fingerprint density at radius 1 is 1.17 bits per heavy atom. The fourth-order valence-electron chi connectivity index (χ4n) is 3.87. The first-order valence-electron chi connectivity index (χ1n) is 7.80. The van der Waals surface area contributed by atoms with Crippen LogP contribution in [0.15, 0.2) is 0 Å². The average Bonchev–Trinajstić information content (AvgIpc) is 3.09. The van der Waals surface area contributed by atoms with Gasteiger partial charge in [-0.3, -0.25) is 0 Å². The van der Waals surface area contributed by atoms with Gasteiger partial charge in [0.25, 0.3) is 0 Å². The number of rotatable bonds is 4. The first-order valence-corrected chi connectivity index (χ1v) is 7.80. The zero-order chi connectivity index (χ0) is 12.4. The van der Waals surface area contributed by atoms with Gasteiger partial charge in [0.05, 0.1) is 17.8 Å². The van der Waals surface area contributed by atoms with Crippen molar-refractivity contribution in [3.05, 3.63) is 0 Å². The van der Waals surface area contributed by atoms with Crippen LogP contribution >= 0.6 is 0 Å². The number of hydrogen-bond acceptors (Lipinski definition) is 3. The van der Waals surface area contributed by atoms with Crippen molar-refractivity contribution in [2.45, 2.75) is 82.1 Å². The van der Waals surface area contributed by atoms with Crippen LogP contribution in [0.25, 0.3) is 0 Å². The van der Waals surface area contributed by atoms with E-state index in [2.05, 4.69) is 12.2 Å². The molecule has 3 aliphatic rings. The van der Waals surface area contributed by atoms with E-state index >= 15 is 0 Å². The van der Waals surface area contributed by atoms with Crippen LogP contribution in [0.4, 0.5) is 0 Å². The minimum absolute atomic E-state index is 0.277. The van der Waals surface area contributed by atoms with Crippen molar-refractivity contribution >= 4 is 0 Å². The average molecular weight is 253 g/mol. The van der Waals surface area contributed by atoms with Gasteiger partial charge in [0.1, 0.15) is 0 Å². The molecule has 18 heavy (non-hydrogen) atoms. The van der Waals surface area contributed by atoms with E-state index in [1.807, 2.05) is 0 Å². The fraction of sp³-hybridized carbons (Fsp3) is 1.00. The van der Waals surface area contributed by atoms with Crippen LogP contribution in [-0.4, -0.2) is 37.0 Å². The summed E-state index contributed by atoms with van der Waals surface area (Å²) in [6, 6.07) is 0.469. The summed E-state index contributed by atoms with van der Waals surface area (Å²) in [4.78, 5) is 0. The highest BCUT2D eigenvalue weighted by Gasteiger charge is 2.42. The molecule has 1 saturated carbocycles. The molecular weight excluding hydrogens is 226 g/mol. The van der Waals surface area contributed by atoms with Crippen molar-refractivity contribution < 1.29 is 9.47 Å². The van der Waals surface area contributed by atoms with Gasteiger partial charge in [-0.05, 0) is 45.4 Å². The minimum atomic E-state index is 0.277. The van der Waals surface area contributed by atoms with Crippen molar-refractivity contribution in [2.24, 2.45) is 0 Å². The lowest BCUT2D eigenvalue weighted by molar-refractivity contribution is -0.0374. The lowest BCUT2D eigenvalue weighted by Gasteiger charge is -2.26. The standard InChI is InChI=1S/C15H27NO2/c1-12(14-5-4-10-17-14)16-11-13-6-9-15(18-13)7-2-3-8-15/h12-14,16H,2-11H2,1H3. The van der Waals surface area contributed by atoms with E-state index in [-0.39, 0.29) is 5.60 Å². The van der Waals surface area contributed by atoms with E-state index in [1.54, 1.807) is 0 Å². The molecule has 2 heterocycles. The Kier molecular flexibility index (Phi) is 3.92. The largest absolute Gasteiger partial charge is 0.377 e. The van der Waals surface area contributed by atoms with E-state index in [4.69, 9.17) is 9.47 Å². The minimum Gasteiger partial charge on any atom is -0.377 e. The van der Waals surface area contributed by atoms with Crippen LogP contribution in [0.1, 0.15) is 58.3 Å². The summed E-state index contributed by atoms with van der Waals surface area (Å²) in [6.45, 7) is 4.19. The predicted octanol–water partition coefficient (Wildman–Crippen LogP) is 2.64. The van der Waals surface area contributed by atoms with Crippen LogP contribution < -0.4 is 5.32 Å². The second-order valence-electron chi connectivity index (χ2n) is 6.42. The Bertz CT molecular complexity index is 270. The topological polar surface area (TPSA) is 30.5 Å². The molecular formula is C15H27NO2. The maximum absolute atomic E-state index is 6.32. The van der Waals surface area contributed by atoms with E-state index in [1.165, 1.54) is 51.4 Å². The summed E-state index contributed by atoms with van der Waals surface area (Å²) in [7, 11) is 0. The lowest BCUT2D eigenvalue weighted by Crippen LogP contribution is -2.41. The Morgan fingerprint density at radius 2 is 2.00 bits per heavy atom. The van der Waals surface area contributed by atoms with Gasteiger partial charge in [-0.15, -0.1) is 0 Å². The first kappa shape index (κ1) is 12.9. The molecule has 3 heteroatoms. The highest BCUT2D eigenvalue weighted by molar-refractivity contribution is 4.93. The van der Waals surface area contributed by atoms with Gasteiger partial charge in [-0.2, -0.15) is 0 Å². The molecule has 1 aliphatic carbocycles. The molecule has 2 saturated heterocycles. The molecule has 3 unspecified atom stereocenters. The van der Waals surface area contributed by atoms with Gasteiger partial charge in [0.2, 0.25) is 0 Å². The van der Waals surface area contributed by atoms with Crippen molar-refractivity contribution in [2.75, 3.05) is 13.2 Å². The molecule has 0 aromatic rings. The second-order valence-corrected chi connectivity index (χ2v) is 6.42. The van der Waals surface area contributed by atoms with Gasteiger partial charge in [-0.1, -0.05) is 12.8 Å². The maximum atomic E-state index is 6.32. The molecule has 0 amide bonds. The van der Waals surface area contributed by atoms with Crippen LogP contribution in [0.2, 0.25) is 0 Å². The van der Waals surface area contributed by atoms with Crippen LogP contribution in [0.5, 0.6) is 0 Å². The summed E-state index contributed by atoms with van der Waals surface area (Å²) in [5.41, 5.74) is 0.277. The van der Waals surface area contributed by atoms with Gasteiger partial charge in [0.15, 0.2) is 0 Å². The van der Waals surface area contributed by atoms with Crippen molar-refractivity contribution in [3.8, 4) is 0 Å². The highest BCUT2D eigenvalue weighted by Crippen LogP contribution is 2.43. The molecule has 3 atom stereocenters. The summed E-state index contributed by atoms with van der Waals surface area (Å²) in [6.07, 6.45) is 11.1. The zero-order valence-corrected chi connectivity index (χ0v) is 11.6. The quantitative estimate of drug-likeness (QED) is 0.835. The van der Waals surface area contributed by atoms with Crippen molar-refractivity contribution in [1.29, 1.82) is 0 Å². The molecule has 104 valence electrons. The number of nitrogens with one attached hydrogen (secondary N) is 1. The fourth-order valence-corrected chi connectivity index (χ4v) is 3.87. The second kappa shape index (κ2) is 5.48. The molecule has 3 rings (SSSR count). The number of ether oxygens (including phenoxy) is 2. The highest BCUT2D eigenvalue weighted by atomic mass is 16.5. The Balaban J connectivity index is 1.41. The lowest BCUT2D eigenvalue weighted by atomic mass is 9.98. The normalized spacial score (nSPS) is 36.5. The van der Waals surface area contributed by atoms with Crippen LogP contribution in [0, 0.1) is 0 Å². The summed E-state index contributed by atoms with van der Waals surface area (Å²) < 4.78 is 12.0. The van der Waals surface area contributed by atoms with Gasteiger partial charge in [0, 0.05) is 19.2 Å². The SMILES string of the molecule is CC(NCC1CCC2(CCCC2)O1)C1CCCO1. The molecule has 2 aliphatic heterocycles. The van der Waals surface area contributed by atoms with E-state index in [0.717, 1.165) is 13.2 Å². The number of hydrogen-bond donors (Lipinski definition) is 1. The van der Waals surface area contributed by atoms with Crippen LogP contribution in [-0.2, 0) is 9.47 Å². The summed E-state index contributed by atoms with van der Waals surface area (Å²) >= 11 is 0. The maximum Gasteiger partial charge on any atom is 0.0726 e. The third kappa shape index (κ3) is 2.73. The van der Waals surface area contributed by atoms with E-state index < -0.39 is 0 Å². The first-order chi connectivity index (χ1) is 8.77. The summed E-state index contributed by atoms with van der Waals surface area (Å²) in [5.74, 6) is 0. The third-order valence-electron chi connectivity index (χ3n) is 5.04. The predicted molar refractivity (Wildman–Crippen MR) is 71.7 cm³/mol. The molecule has 3 fully saturated rings. The molecule has 3 nitrogen and oxygen atoms in total. The van der Waals surface area contributed by atoms with Gasteiger partial charge < -0.3 is 14.8 Å². The van der Waals surface area contributed by atoms with Crippen molar-refractivity contribution in [1.82, 2.24) is 5.32 Å². The third-order valence-corrected chi connectivity index (χ3v) is 5.04. The molecule has 1 spiro atoms. The Hall–Kier alpha value is -0.120. The Labute approximate surface area is 111 Å². The monoisotopic (exact) mass is 253 g/mol. The van der Waals surface area contributed by atoms with E-state index in [9.17, 15) is 0 Å². The molecule has 0 aromatic carbocycles. The van der Waals surface area contributed by atoms with Gasteiger partial charge >= 0.3 is 0 Å². The van der Waals surface area contributed by atoms with E-state index in [0.29, 0.717) is 18.2 Å². The smallest absolute Gasteiger partial charge is 0.0726 e. The van der Waals surface area contributed by atoms with Crippen molar-refractivity contribution in [3.63, 3.8) is 0 Å². The Morgan fingerprint density at radius 3 is 2.72 bits per heavy atom. The van der Waals surface area contributed by atoms with Gasteiger partial charge in [-0.25, -0.2) is 0 Å². The zero-order valence-electron chi connectivity index (χ0n) is 11.6. The molecule has 0 radical (unpaired) electrons. The van der Waals surface area contributed by atoms with Crippen LogP contribution in [0.3, 0.4) is 0 Å².